The Labute approximate surface area is 118 Å². The predicted molar refractivity (Wildman–Crippen MR) is 76.9 cm³/mol. The Balaban J connectivity index is 1.95. The van der Waals surface area contributed by atoms with Crippen LogP contribution in [0.2, 0.25) is 0 Å². The van der Waals surface area contributed by atoms with Crippen LogP contribution in [0.1, 0.15) is 32.3 Å². The van der Waals surface area contributed by atoms with Crippen molar-refractivity contribution in [3.63, 3.8) is 0 Å². The van der Waals surface area contributed by atoms with E-state index in [0.29, 0.717) is 6.42 Å². The van der Waals surface area contributed by atoms with E-state index in [-0.39, 0.29) is 11.9 Å². The fourth-order valence-electron chi connectivity index (χ4n) is 1.91. The molecule has 1 aliphatic heterocycles. The van der Waals surface area contributed by atoms with Crippen molar-refractivity contribution in [1.82, 2.24) is 5.32 Å². The fraction of sp³-hybridized carbons (Fsp3) is 0.467. The van der Waals surface area contributed by atoms with E-state index >= 15 is 0 Å². The molecule has 1 heterocycles. The zero-order valence-corrected chi connectivity index (χ0v) is 12.1. The lowest BCUT2D eigenvalue weighted by Crippen LogP contribution is -2.39. The molecule has 0 saturated carbocycles. The van der Waals surface area contributed by atoms with Gasteiger partial charge in [-0.1, -0.05) is 12.1 Å². The molecule has 2 atom stereocenters. The molecule has 1 N–H and O–H groups in total. The van der Waals surface area contributed by atoms with Gasteiger partial charge in [-0.25, -0.2) is 0 Å². The molecular formula is C15H20N2O3. The maximum absolute atomic E-state index is 12.0. The lowest BCUT2D eigenvalue weighted by Gasteiger charge is -2.14. The lowest BCUT2D eigenvalue weighted by atomic mass is 10.0. The highest BCUT2D eigenvalue weighted by Crippen LogP contribution is 2.19. The molecule has 2 rings (SSSR count). The Bertz CT molecular complexity index is 496. The summed E-state index contributed by atoms with van der Waals surface area (Å²) in [5.74, 6) is 0.686. The van der Waals surface area contributed by atoms with Gasteiger partial charge in [-0.05, 0) is 43.2 Å². The number of ether oxygens (including phenoxy) is 1. The number of benzene rings is 1. The first-order chi connectivity index (χ1) is 9.63. The van der Waals surface area contributed by atoms with Gasteiger partial charge in [0.15, 0.2) is 0 Å². The molecule has 5 nitrogen and oxygen atoms in total. The van der Waals surface area contributed by atoms with Gasteiger partial charge in [0, 0.05) is 12.5 Å². The smallest absolute Gasteiger partial charge is 0.264 e. The minimum atomic E-state index is -0.527. The molecule has 0 saturated heterocycles. The van der Waals surface area contributed by atoms with Crippen molar-refractivity contribution < 1.29 is 14.4 Å². The molecule has 1 aromatic rings. The molecule has 20 heavy (non-hydrogen) atoms. The maximum atomic E-state index is 12.0. The van der Waals surface area contributed by atoms with Crippen molar-refractivity contribution in [2.75, 3.05) is 7.11 Å². The van der Waals surface area contributed by atoms with E-state index in [1.165, 1.54) is 0 Å². The van der Waals surface area contributed by atoms with Crippen LogP contribution in [0.15, 0.2) is 29.4 Å². The quantitative estimate of drug-likeness (QED) is 0.896. The van der Waals surface area contributed by atoms with Crippen LogP contribution in [0.25, 0.3) is 0 Å². The number of nitrogens with one attached hydrogen (secondary N) is 1. The van der Waals surface area contributed by atoms with Gasteiger partial charge in [0.05, 0.1) is 12.8 Å². The van der Waals surface area contributed by atoms with Crippen LogP contribution in [0.4, 0.5) is 0 Å². The number of methoxy groups -OCH3 is 1. The summed E-state index contributed by atoms with van der Waals surface area (Å²) in [6, 6.07) is 7.71. The Kier molecular flexibility index (Phi) is 4.61. The van der Waals surface area contributed by atoms with E-state index < -0.39 is 6.10 Å². The third-order valence-electron chi connectivity index (χ3n) is 3.39. The molecule has 0 bridgehead atoms. The molecular weight excluding hydrogens is 256 g/mol. The predicted octanol–water partition coefficient (Wildman–Crippen LogP) is 2.10. The Morgan fingerprint density at radius 3 is 2.80 bits per heavy atom. The second-order valence-electron chi connectivity index (χ2n) is 4.88. The van der Waals surface area contributed by atoms with Crippen LogP contribution in [0.5, 0.6) is 5.75 Å². The van der Waals surface area contributed by atoms with Crippen LogP contribution in [-0.2, 0) is 9.63 Å². The number of rotatable bonds is 5. The summed E-state index contributed by atoms with van der Waals surface area (Å²) in [6.45, 7) is 4.00. The molecule has 1 amide bonds. The monoisotopic (exact) mass is 276 g/mol. The average molecular weight is 276 g/mol. The fourth-order valence-corrected chi connectivity index (χ4v) is 1.91. The van der Waals surface area contributed by atoms with Crippen LogP contribution in [-0.4, -0.2) is 30.9 Å². The summed E-state index contributed by atoms with van der Waals surface area (Å²) < 4.78 is 5.11. The summed E-state index contributed by atoms with van der Waals surface area (Å²) in [7, 11) is 1.63. The van der Waals surface area contributed by atoms with Crippen LogP contribution < -0.4 is 10.1 Å². The molecule has 0 aromatic heterocycles. The van der Waals surface area contributed by atoms with E-state index in [0.717, 1.165) is 23.4 Å². The van der Waals surface area contributed by atoms with Crippen molar-refractivity contribution in [3.8, 4) is 5.75 Å². The normalized spacial score (nSPS) is 18.9. The summed E-state index contributed by atoms with van der Waals surface area (Å²) in [5.41, 5.74) is 1.74. The van der Waals surface area contributed by atoms with Gasteiger partial charge in [-0.3, -0.25) is 4.79 Å². The molecule has 0 unspecified atom stereocenters. The van der Waals surface area contributed by atoms with Gasteiger partial charge >= 0.3 is 0 Å². The Morgan fingerprint density at radius 2 is 2.20 bits per heavy atom. The first kappa shape index (κ1) is 14.4. The molecule has 1 aromatic carbocycles. The zero-order chi connectivity index (χ0) is 14.5. The molecule has 5 heteroatoms. The first-order valence-electron chi connectivity index (χ1n) is 6.81. The van der Waals surface area contributed by atoms with Crippen LogP contribution in [0.3, 0.4) is 0 Å². The Hall–Kier alpha value is -2.04. The number of carbonyl (C=O) groups is 1. The third kappa shape index (κ3) is 3.29. The number of hydrogen-bond acceptors (Lipinski definition) is 4. The van der Waals surface area contributed by atoms with Gasteiger partial charge in [0.1, 0.15) is 5.75 Å². The van der Waals surface area contributed by atoms with Crippen molar-refractivity contribution in [2.45, 2.75) is 38.8 Å². The van der Waals surface area contributed by atoms with Crippen molar-refractivity contribution >= 4 is 11.6 Å². The van der Waals surface area contributed by atoms with E-state index in [9.17, 15) is 4.79 Å². The summed E-state index contributed by atoms with van der Waals surface area (Å²) in [5, 5.41) is 6.92. The highest BCUT2D eigenvalue weighted by molar-refractivity contribution is 6.04. The van der Waals surface area contributed by atoms with E-state index in [1.807, 2.05) is 38.1 Å². The van der Waals surface area contributed by atoms with Gasteiger partial charge in [-0.2, -0.15) is 0 Å². The number of hydrogen-bond donors (Lipinski definition) is 1. The molecule has 1 aliphatic rings. The van der Waals surface area contributed by atoms with Gasteiger partial charge in [0.2, 0.25) is 6.10 Å². The van der Waals surface area contributed by atoms with Crippen molar-refractivity contribution in [3.05, 3.63) is 29.8 Å². The second-order valence-corrected chi connectivity index (χ2v) is 4.88. The summed E-state index contributed by atoms with van der Waals surface area (Å²) in [4.78, 5) is 17.2. The molecule has 0 spiro atoms. The second kappa shape index (κ2) is 6.41. The van der Waals surface area contributed by atoms with Crippen LogP contribution in [0, 0.1) is 0 Å². The topological polar surface area (TPSA) is 59.9 Å². The van der Waals surface area contributed by atoms with E-state index in [4.69, 9.17) is 9.57 Å². The SMILES string of the molecule is CC[C@@H](C)NC(=O)[C@H]1CC(c2ccc(OC)cc2)=NO1. The third-order valence-corrected chi connectivity index (χ3v) is 3.39. The minimum absolute atomic E-state index is 0.105. The van der Waals surface area contributed by atoms with Gasteiger partial charge < -0.3 is 14.9 Å². The van der Waals surface area contributed by atoms with Gasteiger partial charge in [0.25, 0.3) is 5.91 Å². The zero-order valence-electron chi connectivity index (χ0n) is 12.1. The van der Waals surface area contributed by atoms with Crippen molar-refractivity contribution in [1.29, 1.82) is 0 Å². The number of carbonyl (C=O) groups excluding carboxylic acids is 1. The number of oxime groups is 1. The standard InChI is InChI=1S/C15H20N2O3/c1-4-10(2)16-15(18)14-9-13(17-20-14)11-5-7-12(19-3)8-6-11/h5-8,10,14H,4,9H2,1-3H3,(H,16,18)/t10-,14-/m1/s1. The highest BCUT2D eigenvalue weighted by atomic mass is 16.6. The molecule has 0 aliphatic carbocycles. The lowest BCUT2D eigenvalue weighted by molar-refractivity contribution is -0.131. The van der Waals surface area contributed by atoms with Gasteiger partial charge in [-0.15, -0.1) is 0 Å². The van der Waals surface area contributed by atoms with E-state index in [1.54, 1.807) is 7.11 Å². The summed E-state index contributed by atoms with van der Waals surface area (Å²) in [6.07, 6.45) is 0.861. The minimum Gasteiger partial charge on any atom is -0.497 e. The maximum Gasteiger partial charge on any atom is 0.264 e. The Morgan fingerprint density at radius 1 is 1.50 bits per heavy atom. The molecule has 0 radical (unpaired) electrons. The van der Waals surface area contributed by atoms with Crippen molar-refractivity contribution in [2.24, 2.45) is 5.16 Å². The average Bonchev–Trinajstić information content (AvgIpc) is 2.97. The first-order valence-corrected chi connectivity index (χ1v) is 6.81. The number of nitrogens with zero attached hydrogens (tertiary/aromatic N) is 1. The summed E-state index contributed by atoms with van der Waals surface area (Å²) >= 11 is 0. The molecule has 0 fully saturated rings. The van der Waals surface area contributed by atoms with E-state index in [2.05, 4.69) is 10.5 Å². The highest BCUT2D eigenvalue weighted by Gasteiger charge is 2.29. The molecule has 108 valence electrons. The number of amides is 1. The van der Waals surface area contributed by atoms with Crippen LogP contribution >= 0.6 is 0 Å². The largest absolute Gasteiger partial charge is 0.497 e.